The Hall–Kier alpha value is -3.49. The van der Waals surface area contributed by atoms with Gasteiger partial charge in [0, 0.05) is 60.4 Å². The molecule has 46 heavy (non-hydrogen) atoms. The zero-order chi connectivity index (χ0) is 33.9. The molecule has 0 aromatic heterocycles. The summed E-state index contributed by atoms with van der Waals surface area (Å²) in [6.45, 7) is 19.5. The minimum absolute atomic E-state index is 0.0895. The highest BCUT2D eigenvalue weighted by Gasteiger charge is 2.44. The molecular weight excluding hydrogens is 595 g/mol. The molecular formula is C38H51N3O4S. The summed E-state index contributed by atoms with van der Waals surface area (Å²) in [5, 5.41) is 2.98. The number of aryl methyl sites for hydroxylation is 1. The number of hydrogen-bond acceptors (Lipinski definition) is 5. The Morgan fingerprint density at radius 2 is 1.72 bits per heavy atom. The summed E-state index contributed by atoms with van der Waals surface area (Å²) in [6, 6.07) is 11.4. The Morgan fingerprint density at radius 3 is 2.39 bits per heavy atom. The molecule has 2 aliphatic heterocycles. The lowest BCUT2D eigenvalue weighted by molar-refractivity contribution is -0.438. The van der Waals surface area contributed by atoms with Crippen molar-refractivity contribution in [2.24, 2.45) is 5.92 Å². The van der Waals surface area contributed by atoms with Gasteiger partial charge in [-0.2, -0.15) is 4.58 Å². The third-order valence-corrected chi connectivity index (χ3v) is 10.1. The molecule has 1 amide bonds. The number of allylic oxidation sites excluding steroid dienone is 6. The van der Waals surface area contributed by atoms with Crippen LogP contribution in [0.2, 0.25) is 0 Å². The molecule has 0 unspecified atom stereocenters. The number of amides is 1. The van der Waals surface area contributed by atoms with E-state index in [1.807, 2.05) is 12.2 Å². The van der Waals surface area contributed by atoms with E-state index in [-0.39, 0.29) is 16.2 Å². The number of fused-ring (bicyclic) bond motifs is 2. The molecule has 2 aromatic rings. The highest BCUT2D eigenvalue weighted by molar-refractivity contribution is 7.85. The van der Waals surface area contributed by atoms with E-state index in [9.17, 15) is 17.8 Å². The van der Waals surface area contributed by atoms with Crippen LogP contribution in [0.4, 0.5) is 11.4 Å². The number of likely N-dealkylation sites (N-methyl/N-ethyl adjacent to an activating group) is 1. The van der Waals surface area contributed by atoms with Gasteiger partial charge in [0.2, 0.25) is 11.6 Å². The number of carbonyl (C=O) groups excluding carboxylic acids is 1. The fourth-order valence-corrected chi connectivity index (χ4v) is 7.17. The van der Waals surface area contributed by atoms with Crippen LogP contribution in [0.3, 0.4) is 0 Å². The highest BCUT2D eigenvalue weighted by atomic mass is 32.2. The molecule has 4 rings (SSSR count). The number of anilines is 1. The van der Waals surface area contributed by atoms with Crippen molar-refractivity contribution >= 4 is 33.1 Å². The van der Waals surface area contributed by atoms with Crippen LogP contribution in [0.15, 0.2) is 77.4 Å². The molecule has 0 saturated carbocycles. The van der Waals surface area contributed by atoms with Crippen LogP contribution in [-0.2, 0) is 25.7 Å². The number of rotatable bonds is 13. The number of unbranched alkanes of at least 4 members (excludes halogenated alkanes) is 2. The fraction of sp³-hybridized carbons (Fsp3) is 0.474. The molecule has 0 radical (unpaired) electrons. The van der Waals surface area contributed by atoms with Crippen molar-refractivity contribution in [2.75, 3.05) is 24.5 Å². The van der Waals surface area contributed by atoms with Crippen LogP contribution in [0, 0.1) is 12.8 Å². The molecule has 0 aliphatic carbocycles. The Kier molecular flexibility index (Phi) is 10.8. The van der Waals surface area contributed by atoms with Gasteiger partial charge in [-0.15, -0.1) is 0 Å². The molecule has 0 fully saturated rings. The van der Waals surface area contributed by atoms with Gasteiger partial charge in [0.05, 0.1) is 10.3 Å². The first-order valence-corrected chi connectivity index (χ1v) is 18.0. The van der Waals surface area contributed by atoms with Gasteiger partial charge in [0.15, 0.2) is 5.71 Å². The third-order valence-electron chi connectivity index (χ3n) is 9.24. The molecule has 7 nitrogen and oxygen atoms in total. The average molecular weight is 646 g/mol. The van der Waals surface area contributed by atoms with Crippen LogP contribution in [0.25, 0.3) is 0 Å². The molecule has 1 N–H and O–H groups in total. The average Bonchev–Trinajstić information content (AvgIpc) is 3.32. The second-order valence-corrected chi connectivity index (χ2v) is 15.4. The largest absolute Gasteiger partial charge is 0.744 e. The summed E-state index contributed by atoms with van der Waals surface area (Å²) in [6.07, 6.45) is 13.5. The SMILES string of the molecule is CCN1\C(=C/C=C/C=C/C2=[N+](CCCCCC(=O)NCC(C)C)c3ccc(S(=O)(=O)[O-])cc3C2(C)C)C(C)(C)c2cc(C)ccc21. The summed E-state index contributed by atoms with van der Waals surface area (Å²) in [5.74, 6) is 0.516. The maximum absolute atomic E-state index is 12.2. The van der Waals surface area contributed by atoms with Crippen LogP contribution < -0.4 is 10.2 Å². The molecule has 2 aliphatic rings. The van der Waals surface area contributed by atoms with Gasteiger partial charge in [0.25, 0.3) is 0 Å². The van der Waals surface area contributed by atoms with E-state index in [0.29, 0.717) is 18.9 Å². The minimum Gasteiger partial charge on any atom is -0.744 e. The predicted molar refractivity (Wildman–Crippen MR) is 187 cm³/mol. The first kappa shape index (κ1) is 35.4. The Bertz CT molecular complexity index is 1690. The number of nitrogens with one attached hydrogen (secondary N) is 1. The lowest BCUT2D eigenvalue weighted by atomic mass is 9.81. The Balaban J connectivity index is 1.56. The first-order chi connectivity index (χ1) is 21.6. The van der Waals surface area contributed by atoms with Crippen LogP contribution in [0.5, 0.6) is 0 Å². The normalized spacial score (nSPS) is 18.0. The van der Waals surface area contributed by atoms with Gasteiger partial charge in [-0.25, -0.2) is 8.42 Å². The van der Waals surface area contributed by atoms with E-state index < -0.39 is 15.5 Å². The maximum atomic E-state index is 12.2. The van der Waals surface area contributed by atoms with Crippen LogP contribution in [-0.4, -0.2) is 48.8 Å². The second-order valence-electron chi connectivity index (χ2n) is 14.0. The lowest BCUT2D eigenvalue weighted by Gasteiger charge is -2.25. The molecule has 248 valence electrons. The summed E-state index contributed by atoms with van der Waals surface area (Å²) in [4.78, 5) is 14.3. The fourth-order valence-electron chi connectivity index (χ4n) is 6.68. The van der Waals surface area contributed by atoms with Crippen molar-refractivity contribution in [2.45, 2.75) is 96.8 Å². The van der Waals surface area contributed by atoms with E-state index >= 15 is 0 Å². The van der Waals surface area contributed by atoms with Gasteiger partial charge >= 0.3 is 0 Å². The lowest BCUT2D eigenvalue weighted by Crippen LogP contribution is -2.28. The molecule has 0 saturated heterocycles. The van der Waals surface area contributed by atoms with Crippen LogP contribution >= 0.6 is 0 Å². The van der Waals surface area contributed by atoms with Crippen molar-refractivity contribution in [1.82, 2.24) is 5.32 Å². The maximum Gasteiger partial charge on any atom is 0.220 e. The Labute approximate surface area is 276 Å². The summed E-state index contributed by atoms with van der Waals surface area (Å²) < 4.78 is 37.9. The minimum atomic E-state index is -4.58. The zero-order valence-corrected chi connectivity index (χ0v) is 29.6. The van der Waals surface area contributed by atoms with E-state index in [1.165, 1.54) is 34.6 Å². The van der Waals surface area contributed by atoms with Gasteiger partial charge in [0.1, 0.15) is 16.7 Å². The van der Waals surface area contributed by atoms with Crippen molar-refractivity contribution in [3.05, 3.63) is 89.2 Å². The summed E-state index contributed by atoms with van der Waals surface area (Å²) >= 11 is 0. The van der Waals surface area contributed by atoms with Crippen molar-refractivity contribution < 1.29 is 22.3 Å². The highest BCUT2D eigenvalue weighted by Crippen LogP contribution is 2.48. The van der Waals surface area contributed by atoms with Crippen molar-refractivity contribution in [3.63, 3.8) is 0 Å². The van der Waals surface area contributed by atoms with E-state index in [2.05, 4.69) is 107 Å². The van der Waals surface area contributed by atoms with Crippen molar-refractivity contribution in [1.29, 1.82) is 0 Å². The van der Waals surface area contributed by atoms with E-state index in [1.54, 1.807) is 6.07 Å². The van der Waals surface area contributed by atoms with Crippen molar-refractivity contribution in [3.8, 4) is 0 Å². The second kappa shape index (κ2) is 14.1. The topological polar surface area (TPSA) is 92.6 Å². The van der Waals surface area contributed by atoms with Gasteiger partial charge in [-0.3, -0.25) is 4.79 Å². The Morgan fingerprint density at radius 1 is 0.978 bits per heavy atom. The van der Waals surface area contributed by atoms with Gasteiger partial charge in [-0.1, -0.05) is 63.6 Å². The smallest absolute Gasteiger partial charge is 0.220 e. The molecule has 2 heterocycles. The number of carbonyl (C=O) groups is 1. The van der Waals surface area contributed by atoms with Gasteiger partial charge in [-0.05, 0) is 76.3 Å². The summed E-state index contributed by atoms with van der Waals surface area (Å²) in [7, 11) is -4.58. The van der Waals surface area contributed by atoms with Gasteiger partial charge < -0.3 is 14.8 Å². The number of benzene rings is 2. The molecule has 2 aromatic carbocycles. The zero-order valence-electron chi connectivity index (χ0n) is 28.8. The molecule has 8 heteroatoms. The molecule has 0 spiro atoms. The number of hydrogen-bond donors (Lipinski definition) is 1. The monoisotopic (exact) mass is 645 g/mol. The molecule has 0 bridgehead atoms. The standard InChI is InChI=1S/C38H51N3O4S/c1-9-40-32-21-19-28(4)24-30(32)37(5,6)34(40)16-12-10-13-17-35-38(7,8)31-25-29(46(43,44)45)20-22-33(31)41(35)23-15-11-14-18-36(42)39-26-27(2)3/h10,12-13,16-17,19-22,24-25,27H,9,11,14-15,18,23,26H2,1-8H3,(H-,39,42,43,44,45). The van der Waals surface area contributed by atoms with E-state index in [4.69, 9.17) is 0 Å². The van der Waals surface area contributed by atoms with E-state index in [0.717, 1.165) is 49.3 Å². The first-order valence-electron chi connectivity index (χ1n) is 16.5. The number of nitrogens with zero attached hydrogens (tertiary/aromatic N) is 2. The van der Waals surface area contributed by atoms with Crippen LogP contribution in [0.1, 0.15) is 90.8 Å². The predicted octanol–water partition coefficient (Wildman–Crippen LogP) is 7.42. The quantitative estimate of drug-likeness (QED) is 0.106. The summed E-state index contributed by atoms with van der Waals surface area (Å²) in [5.41, 5.74) is 7.28. The third kappa shape index (κ3) is 7.55. The molecule has 0 atom stereocenters.